The fourth-order valence-electron chi connectivity index (χ4n) is 2.17. The smallest absolute Gasteiger partial charge is 0.254 e. The fourth-order valence-corrected chi connectivity index (χ4v) is 2.55. The first kappa shape index (κ1) is 18.1. The van der Waals surface area contributed by atoms with Crippen LogP contribution in [0.3, 0.4) is 0 Å². The Morgan fingerprint density at radius 3 is 2.58 bits per heavy atom. The van der Waals surface area contributed by atoms with Crippen LogP contribution in [0.4, 0.5) is 4.39 Å². The fraction of sp³-hybridized carbons (Fsp3) is 0.176. The highest BCUT2D eigenvalue weighted by molar-refractivity contribution is 9.10. The van der Waals surface area contributed by atoms with Crippen molar-refractivity contribution >= 4 is 27.7 Å². The van der Waals surface area contributed by atoms with Gasteiger partial charge in [-0.2, -0.15) is 0 Å². The van der Waals surface area contributed by atoms with E-state index < -0.39 is 17.8 Å². The molecule has 0 bridgehead atoms. The van der Waals surface area contributed by atoms with E-state index in [1.54, 1.807) is 30.3 Å². The number of nitrogen functional groups attached to an aromatic ring is 1. The molecule has 5 nitrogen and oxygen atoms in total. The molecule has 0 aliphatic rings. The average Bonchev–Trinajstić information content (AvgIpc) is 2.57. The molecule has 0 spiro atoms. The predicted octanol–water partition coefficient (Wildman–Crippen LogP) is 2.88. The van der Waals surface area contributed by atoms with Crippen LogP contribution >= 0.6 is 15.9 Å². The normalized spacial score (nSPS) is 11.8. The number of methoxy groups -OCH3 is 1. The van der Waals surface area contributed by atoms with Gasteiger partial charge in [0.2, 0.25) is 0 Å². The minimum Gasteiger partial charge on any atom is -0.384 e. The van der Waals surface area contributed by atoms with E-state index in [0.29, 0.717) is 10.0 Å². The van der Waals surface area contributed by atoms with E-state index in [9.17, 15) is 9.18 Å². The van der Waals surface area contributed by atoms with Crippen molar-refractivity contribution in [2.75, 3.05) is 7.11 Å². The Morgan fingerprint density at radius 2 is 2.00 bits per heavy atom. The summed E-state index contributed by atoms with van der Waals surface area (Å²) in [6.07, 6.45) is -1.04. The van der Waals surface area contributed by atoms with Crippen molar-refractivity contribution in [3.63, 3.8) is 0 Å². The molecular weight excluding hydrogens is 377 g/mol. The number of hydrogen-bond acceptors (Lipinski definition) is 3. The number of rotatable bonds is 6. The first-order valence-electron chi connectivity index (χ1n) is 7.11. The van der Waals surface area contributed by atoms with Crippen molar-refractivity contribution in [3.8, 4) is 0 Å². The van der Waals surface area contributed by atoms with Crippen molar-refractivity contribution in [1.29, 1.82) is 5.41 Å². The lowest BCUT2D eigenvalue weighted by molar-refractivity contribution is -0.131. The molecule has 0 saturated heterocycles. The van der Waals surface area contributed by atoms with Crippen molar-refractivity contribution in [2.24, 2.45) is 5.73 Å². The van der Waals surface area contributed by atoms with E-state index in [2.05, 4.69) is 21.2 Å². The SMILES string of the molecule is COC(C(=O)NCc1ccc(C(=N)N)cc1)c1cc(Br)ccc1F. The molecule has 0 saturated carbocycles. The number of amidine groups is 1. The Morgan fingerprint density at radius 1 is 1.33 bits per heavy atom. The molecule has 1 unspecified atom stereocenters. The van der Waals surface area contributed by atoms with Crippen molar-refractivity contribution in [1.82, 2.24) is 5.32 Å². The van der Waals surface area contributed by atoms with Crippen LogP contribution < -0.4 is 11.1 Å². The average molecular weight is 394 g/mol. The second-order valence-corrected chi connectivity index (χ2v) is 6.03. The minimum atomic E-state index is -1.04. The van der Waals surface area contributed by atoms with Crippen LogP contribution in [-0.2, 0) is 16.1 Å². The van der Waals surface area contributed by atoms with Gasteiger partial charge >= 0.3 is 0 Å². The summed E-state index contributed by atoms with van der Waals surface area (Å²) in [6.45, 7) is 0.256. The van der Waals surface area contributed by atoms with Crippen molar-refractivity contribution in [3.05, 3.63) is 69.4 Å². The molecule has 4 N–H and O–H groups in total. The summed E-state index contributed by atoms with van der Waals surface area (Å²) >= 11 is 3.26. The summed E-state index contributed by atoms with van der Waals surface area (Å²) in [4.78, 5) is 12.3. The van der Waals surface area contributed by atoms with Crippen LogP contribution in [0.5, 0.6) is 0 Å². The summed E-state index contributed by atoms with van der Waals surface area (Å²) in [6, 6.07) is 11.3. The maximum atomic E-state index is 13.9. The van der Waals surface area contributed by atoms with Crippen LogP contribution in [0.1, 0.15) is 22.8 Å². The summed E-state index contributed by atoms with van der Waals surface area (Å²) < 4.78 is 19.8. The van der Waals surface area contributed by atoms with Gasteiger partial charge in [0, 0.05) is 29.3 Å². The lowest BCUT2D eigenvalue weighted by Gasteiger charge is -2.17. The second kappa shape index (κ2) is 8.03. The molecular formula is C17H17BrFN3O2. The quantitative estimate of drug-likeness (QED) is 0.520. The lowest BCUT2D eigenvalue weighted by Crippen LogP contribution is -2.30. The summed E-state index contributed by atoms with van der Waals surface area (Å²) in [5.41, 5.74) is 6.99. The third kappa shape index (κ3) is 4.39. The Kier molecular flexibility index (Phi) is 6.05. The number of amides is 1. The predicted molar refractivity (Wildman–Crippen MR) is 93.2 cm³/mol. The van der Waals surface area contributed by atoms with Gasteiger partial charge in [0.1, 0.15) is 11.7 Å². The first-order valence-corrected chi connectivity index (χ1v) is 7.90. The van der Waals surface area contributed by atoms with Gasteiger partial charge in [-0.3, -0.25) is 10.2 Å². The van der Waals surface area contributed by atoms with Crippen LogP contribution in [0, 0.1) is 11.2 Å². The molecule has 1 atom stereocenters. The van der Waals surface area contributed by atoms with Gasteiger partial charge in [0.25, 0.3) is 5.91 Å². The Bertz CT molecular complexity index is 750. The van der Waals surface area contributed by atoms with E-state index in [4.69, 9.17) is 15.9 Å². The Balaban J connectivity index is 2.07. The summed E-state index contributed by atoms with van der Waals surface area (Å²) in [5, 5.41) is 10.1. The van der Waals surface area contributed by atoms with Crippen LogP contribution in [0.25, 0.3) is 0 Å². The van der Waals surface area contributed by atoms with Crippen LogP contribution in [0.2, 0.25) is 0 Å². The highest BCUT2D eigenvalue weighted by Gasteiger charge is 2.23. The number of ether oxygens (including phenoxy) is 1. The molecule has 2 aromatic carbocycles. The van der Waals surface area contributed by atoms with E-state index in [0.717, 1.165) is 5.56 Å². The molecule has 1 amide bonds. The maximum absolute atomic E-state index is 13.9. The maximum Gasteiger partial charge on any atom is 0.254 e. The zero-order chi connectivity index (χ0) is 17.7. The van der Waals surface area contributed by atoms with Crippen LogP contribution in [-0.4, -0.2) is 18.9 Å². The third-order valence-electron chi connectivity index (χ3n) is 3.45. The number of carbonyl (C=O) groups is 1. The monoisotopic (exact) mass is 393 g/mol. The molecule has 0 radical (unpaired) electrons. The Hall–Kier alpha value is -2.25. The number of hydrogen-bond donors (Lipinski definition) is 3. The molecule has 7 heteroatoms. The highest BCUT2D eigenvalue weighted by Crippen LogP contribution is 2.24. The number of nitrogens with two attached hydrogens (primary N) is 1. The zero-order valence-corrected chi connectivity index (χ0v) is 14.6. The van der Waals surface area contributed by atoms with Gasteiger partial charge in [-0.05, 0) is 23.8 Å². The third-order valence-corrected chi connectivity index (χ3v) is 3.94. The van der Waals surface area contributed by atoms with E-state index in [1.807, 2.05) is 0 Å². The van der Waals surface area contributed by atoms with E-state index in [1.165, 1.54) is 19.2 Å². The molecule has 0 aliphatic carbocycles. The zero-order valence-electron chi connectivity index (χ0n) is 13.0. The molecule has 2 aromatic rings. The second-order valence-electron chi connectivity index (χ2n) is 5.11. The largest absolute Gasteiger partial charge is 0.384 e. The van der Waals surface area contributed by atoms with Gasteiger partial charge in [-0.25, -0.2) is 4.39 Å². The topological polar surface area (TPSA) is 88.2 Å². The van der Waals surface area contributed by atoms with Gasteiger partial charge in [-0.1, -0.05) is 40.2 Å². The lowest BCUT2D eigenvalue weighted by atomic mass is 10.1. The van der Waals surface area contributed by atoms with E-state index >= 15 is 0 Å². The molecule has 0 fully saturated rings. The molecule has 0 heterocycles. The molecule has 0 aliphatic heterocycles. The number of halogens is 2. The summed E-state index contributed by atoms with van der Waals surface area (Å²) in [5.74, 6) is -0.966. The van der Waals surface area contributed by atoms with Crippen molar-refractivity contribution < 1.29 is 13.9 Å². The first-order chi connectivity index (χ1) is 11.4. The molecule has 0 aromatic heterocycles. The minimum absolute atomic E-state index is 0.0184. The Labute approximate surface area is 147 Å². The van der Waals surface area contributed by atoms with Gasteiger partial charge in [-0.15, -0.1) is 0 Å². The number of carbonyl (C=O) groups excluding carboxylic acids is 1. The number of nitrogens with one attached hydrogen (secondary N) is 2. The summed E-state index contributed by atoms with van der Waals surface area (Å²) in [7, 11) is 1.35. The molecule has 126 valence electrons. The van der Waals surface area contributed by atoms with Gasteiger partial charge in [0.05, 0.1) is 0 Å². The van der Waals surface area contributed by atoms with E-state index in [-0.39, 0.29) is 17.9 Å². The van der Waals surface area contributed by atoms with Gasteiger partial charge < -0.3 is 15.8 Å². The molecule has 2 rings (SSSR count). The van der Waals surface area contributed by atoms with Crippen LogP contribution in [0.15, 0.2) is 46.9 Å². The van der Waals surface area contributed by atoms with Crippen molar-refractivity contribution in [2.45, 2.75) is 12.6 Å². The molecule has 24 heavy (non-hydrogen) atoms. The highest BCUT2D eigenvalue weighted by atomic mass is 79.9. The number of benzene rings is 2. The van der Waals surface area contributed by atoms with Gasteiger partial charge in [0.15, 0.2) is 6.10 Å². The standard InChI is InChI=1S/C17H17BrFN3O2/c1-24-15(13-8-12(18)6-7-14(13)19)17(23)22-9-10-2-4-11(5-3-10)16(20)21/h2-8,15H,9H2,1H3,(H3,20,21)(H,22,23).